The monoisotopic (exact) mass is 221 g/mol. The summed E-state index contributed by atoms with van der Waals surface area (Å²) < 4.78 is 0. The van der Waals surface area contributed by atoms with Crippen molar-refractivity contribution in [2.45, 2.75) is 33.2 Å². The fourth-order valence-corrected chi connectivity index (χ4v) is 1.89. The molecule has 1 rings (SSSR count). The number of nitrogens with two attached hydrogens (primary N) is 2. The molecule has 0 aliphatic rings. The first-order valence-corrected chi connectivity index (χ1v) is 5.28. The van der Waals surface area contributed by atoms with Gasteiger partial charge in [-0.2, -0.15) is 0 Å². The van der Waals surface area contributed by atoms with Crippen molar-refractivity contribution in [1.82, 2.24) is 0 Å². The molecule has 1 aromatic rings. The van der Waals surface area contributed by atoms with E-state index >= 15 is 0 Å². The topological polar surface area (TPSA) is 84.6 Å². The van der Waals surface area contributed by atoms with Crippen LogP contribution < -0.4 is 11.5 Å². The Bertz CT molecular complexity index is 386. The summed E-state index contributed by atoms with van der Waals surface area (Å²) in [4.78, 5) is 4.09. The summed E-state index contributed by atoms with van der Waals surface area (Å²) in [5.74, 6) is 0.412. The second kappa shape index (κ2) is 4.88. The van der Waals surface area contributed by atoms with E-state index in [9.17, 15) is 5.11 Å². The lowest BCUT2D eigenvalue weighted by Gasteiger charge is -2.13. The van der Waals surface area contributed by atoms with E-state index in [1.54, 1.807) is 12.1 Å². The largest absolute Gasteiger partial charge is 0.508 e. The van der Waals surface area contributed by atoms with Crippen LogP contribution in [0.4, 0.5) is 0 Å². The number of benzene rings is 1. The van der Waals surface area contributed by atoms with E-state index in [0.717, 1.165) is 17.5 Å². The minimum absolute atomic E-state index is 0.0481. The van der Waals surface area contributed by atoms with Crippen LogP contribution in [0.3, 0.4) is 0 Å². The van der Waals surface area contributed by atoms with E-state index < -0.39 is 0 Å². The summed E-state index contributed by atoms with van der Waals surface area (Å²) in [6.45, 7) is 5.92. The molecule has 0 radical (unpaired) electrons. The molecule has 0 aliphatic heterocycles. The van der Waals surface area contributed by atoms with Gasteiger partial charge in [-0.05, 0) is 56.0 Å². The van der Waals surface area contributed by atoms with Gasteiger partial charge < -0.3 is 16.6 Å². The predicted molar refractivity (Wildman–Crippen MR) is 66.6 cm³/mol. The number of phenolic OH excluding ortho intramolecular Hbond substituents is 1. The number of rotatable bonds is 3. The fourth-order valence-electron chi connectivity index (χ4n) is 1.89. The fraction of sp³-hybridized carbons (Fsp3) is 0.417. The van der Waals surface area contributed by atoms with Crippen LogP contribution in [0, 0.1) is 13.8 Å². The molecular weight excluding hydrogens is 202 g/mol. The first-order valence-electron chi connectivity index (χ1n) is 5.28. The summed E-state index contributed by atoms with van der Waals surface area (Å²) in [5, 5.41) is 9.43. The van der Waals surface area contributed by atoms with Crippen molar-refractivity contribution < 1.29 is 5.11 Å². The summed E-state index contributed by atoms with van der Waals surface area (Å²) in [5.41, 5.74) is 14.0. The van der Waals surface area contributed by atoms with Crippen LogP contribution in [0.1, 0.15) is 23.6 Å². The van der Waals surface area contributed by atoms with Gasteiger partial charge in [0.05, 0.1) is 6.04 Å². The molecule has 0 aromatic heterocycles. The Balaban J connectivity index is 2.93. The highest BCUT2D eigenvalue weighted by atomic mass is 16.3. The first-order chi connectivity index (χ1) is 7.40. The smallest absolute Gasteiger partial charge is 0.186 e. The molecule has 1 atom stereocenters. The molecule has 0 aliphatic carbocycles. The highest BCUT2D eigenvalue weighted by Crippen LogP contribution is 2.22. The van der Waals surface area contributed by atoms with E-state index in [2.05, 4.69) is 4.99 Å². The van der Waals surface area contributed by atoms with Gasteiger partial charge in [-0.15, -0.1) is 0 Å². The Morgan fingerprint density at radius 1 is 1.31 bits per heavy atom. The Labute approximate surface area is 96.0 Å². The molecule has 4 heteroatoms. The Hall–Kier alpha value is -1.71. The highest BCUT2D eigenvalue weighted by Gasteiger charge is 2.09. The van der Waals surface area contributed by atoms with Crippen molar-refractivity contribution >= 4 is 5.96 Å². The summed E-state index contributed by atoms with van der Waals surface area (Å²) in [6, 6.07) is 3.56. The Kier molecular flexibility index (Phi) is 3.77. The second-order valence-corrected chi connectivity index (χ2v) is 4.17. The molecule has 16 heavy (non-hydrogen) atoms. The first kappa shape index (κ1) is 12.4. The van der Waals surface area contributed by atoms with Crippen molar-refractivity contribution in [3.8, 4) is 5.75 Å². The van der Waals surface area contributed by atoms with Gasteiger partial charge in [-0.1, -0.05) is 0 Å². The van der Waals surface area contributed by atoms with Crippen molar-refractivity contribution in [3.63, 3.8) is 0 Å². The number of guanidine groups is 1. The molecule has 0 fully saturated rings. The molecule has 5 N–H and O–H groups in total. The minimum atomic E-state index is 0.0481. The molecule has 0 saturated heterocycles. The molecule has 0 heterocycles. The Morgan fingerprint density at radius 3 is 2.25 bits per heavy atom. The molecule has 1 aromatic carbocycles. The molecule has 0 saturated carbocycles. The molecule has 0 unspecified atom stereocenters. The molecular formula is C12H19N3O. The lowest BCUT2D eigenvalue weighted by Crippen LogP contribution is -2.25. The van der Waals surface area contributed by atoms with Gasteiger partial charge in [0, 0.05) is 0 Å². The standard InChI is InChI=1S/C12H19N3O/c1-7-4-10(16)5-8(2)11(7)6-9(3)15-12(13)14/h4-5,9,16H,6H2,1-3H3,(H4,13,14,15)/t9-/m1/s1. The van der Waals surface area contributed by atoms with Crippen LogP contribution >= 0.6 is 0 Å². The van der Waals surface area contributed by atoms with E-state index in [4.69, 9.17) is 11.5 Å². The van der Waals surface area contributed by atoms with Crippen molar-refractivity contribution in [3.05, 3.63) is 28.8 Å². The van der Waals surface area contributed by atoms with Crippen LogP contribution in [-0.2, 0) is 6.42 Å². The van der Waals surface area contributed by atoms with Crippen LogP contribution in [0.5, 0.6) is 5.75 Å². The number of hydrogen-bond donors (Lipinski definition) is 3. The third kappa shape index (κ3) is 3.15. The average molecular weight is 221 g/mol. The van der Waals surface area contributed by atoms with Crippen molar-refractivity contribution in [1.29, 1.82) is 0 Å². The van der Waals surface area contributed by atoms with Gasteiger partial charge in [0.25, 0.3) is 0 Å². The number of aryl methyl sites for hydroxylation is 2. The third-order valence-electron chi connectivity index (χ3n) is 2.55. The van der Waals surface area contributed by atoms with Crippen LogP contribution in [0.15, 0.2) is 17.1 Å². The molecule has 0 amide bonds. The highest BCUT2D eigenvalue weighted by molar-refractivity contribution is 5.75. The SMILES string of the molecule is Cc1cc(O)cc(C)c1C[C@@H](C)N=C(N)N. The zero-order valence-corrected chi connectivity index (χ0v) is 9.99. The van der Waals surface area contributed by atoms with Gasteiger partial charge in [0.2, 0.25) is 0 Å². The zero-order chi connectivity index (χ0) is 12.3. The van der Waals surface area contributed by atoms with Crippen molar-refractivity contribution in [2.75, 3.05) is 0 Å². The average Bonchev–Trinajstić information content (AvgIpc) is 2.09. The number of nitrogens with zero attached hydrogens (tertiary/aromatic N) is 1. The van der Waals surface area contributed by atoms with E-state index in [0.29, 0.717) is 5.75 Å². The van der Waals surface area contributed by atoms with Crippen LogP contribution in [0.25, 0.3) is 0 Å². The third-order valence-corrected chi connectivity index (χ3v) is 2.55. The molecule has 88 valence electrons. The van der Waals surface area contributed by atoms with E-state index in [1.165, 1.54) is 5.56 Å². The molecule has 0 bridgehead atoms. The molecule has 0 spiro atoms. The van der Waals surface area contributed by atoms with Gasteiger partial charge >= 0.3 is 0 Å². The second-order valence-electron chi connectivity index (χ2n) is 4.17. The summed E-state index contributed by atoms with van der Waals surface area (Å²) >= 11 is 0. The Morgan fingerprint density at radius 2 is 1.81 bits per heavy atom. The van der Waals surface area contributed by atoms with Crippen LogP contribution in [0.2, 0.25) is 0 Å². The van der Waals surface area contributed by atoms with Gasteiger partial charge in [-0.3, -0.25) is 4.99 Å². The van der Waals surface area contributed by atoms with Crippen LogP contribution in [-0.4, -0.2) is 17.1 Å². The summed E-state index contributed by atoms with van der Waals surface area (Å²) in [7, 11) is 0. The van der Waals surface area contributed by atoms with Gasteiger partial charge in [-0.25, -0.2) is 0 Å². The maximum absolute atomic E-state index is 9.43. The van der Waals surface area contributed by atoms with Gasteiger partial charge in [0.15, 0.2) is 5.96 Å². The van der Waals surface area contributed by atoms with E-state index in [-0.39, 0.29) is 12.0 Å². The maximum atomic E-state index is 9.43. The van der Waals surface area contributed by atoms with E-state index in [1.807, 2.05) is 20.8 Å². The van der Waals surface area contributed by atoms with Crippen molar-refractivity contribution in [2.24, 2.45) is 16.5 Å². The predicted octanol–water partition coefficient (Wildman–Crippen LogP) is 1.21. The normalized spacial score (nSPS) is 12.2. The lowest BCUT2D eigenvalue weighted by atomic mass is 9.97. The number of aliphatic imine (C=N–C) groups is 1. The zero-order valence-electron chi connectivity index (χ0n) is 9.99. The lowest BCUT2D eigenvalue weighted by molar-refractivity contribution is 0.474. The number of phenols is 1. The van der Waals surface area contributed by atoms with Gasteiger partial charge in [0.1, 0.15) is 5.75 Å². The number of aromatic hydroxyl groups is 1. The minimum Gasteiger partial charge on any atom is -0.508 e. The quantitative estimate of drug-likeness (QED) is 0.530. The maximum Gasteiger partial charge on any atom is 0.186 e. The number of hydrogen-bond acceptors (Lipinski definition) is 2. The summed E-state index contributed by atoms with van der Waals surface area (Å²) in [6.07, 6.45) is 0.774. The molecule has 4 nitrogen and oxygen atoms in total.